The fourth-order valence-corrected chi connectivity index (χ4v) is 3.24. The molecule has 0 radical (unpaired) electrons. The van der Waals surface area contributed by atoms with Crippen LogP contribution in [-0.4, -0.2) is 44.1 Å². The van der Waals surface area contributed by atoms with E-state index < -0.39 is 5.97 Å². The molecule has 1 aliphatic heterocycles. The lowest BCUT2D eigenvalue weighted by atomic mass is 10.0. The van der Waals surface area contributed by atoms with Crippen LogP contribution in [0, 0.1) is 0 Å². The van der Waals surface area contributed by atoms with Crippen molar-refractivity contribution in [3.63, 3.8) is 0 Å². The third-order valence-corrected chi connectivity index (χ3v) is 4.73. The van der Waals surface area contributed by atoms with E-state index in [1.165, 1.54) is 0 Å². The third kappa shape index (κ3) is 3.65. The largest absolute Gasteiger partial charge is 0.476 e. The molecule has 0 spiro atoms. The Morgan fingerprint density at radius 1 is 1.24 bits per heavy atom. The second-order valence-electron chi connectivity index (χ2n) is 5.83. The number of rotatable bonds is 5. The second kappa shape index (κ2) is 7.45. The highest BCUT2D eigenvalue weighted by atomic mass is 35.5. The number of carbonyl (C=O) groups excluding carboxylic acids is 1. The van der Waals surface area contributed by atoms with Crippen molar-refractivity contribution in [2.45, 2.75) is 25.8 Å². The van der Waals surface area contributed by atoms with E-state index in [9.17, 15) is 14.7 Å². The molecule has 0 fully saturated rings. The molecular formula is C17H17Cl2N3O3. The van der Waals surface area contributed by atoms with Crippen molar-refractivity contribution < 1.29 is 14.7 Å². The summed E-state index contributed by atoms with van der Waals surface area (Å²) >= 11 is 11.6. The highest BCUT2D eigenvalue weighted by Gasteiger charge is 2.30. The number of aromatic carboxylic acids is 1. The number of amides is 1. The first-order chi connectivity index (χ1) is 12.0. The molecule has 1 aromatic heterocycles. The predicted octanol–water partition coefficient (Wildman–Crippen LogP) is 3.13. The lowest BCUT2D eigenvalue weighted by Gasteiger charge is -2.27. The van der Waals surface area contributed by atoms with Gasteiger partial charge in [0.25, 0.3) is 0 Å². The number of fused-ring (bicyclic) bond motifs is 1. The third-order valence-electron chi connectivity index (χ3n) is 4.21. The Kier molecular flexibility index (Phi) is 5.30. The van der Waals surface area contributed by atoms with Crippen molar-refractivity contribution in [3.05, 3.63) is 46.2 Å². The number of nitrogens with zero attached hydrogens (tertiary/aromatic N) is 3. The van der Waals surface area contributed by atoms with Gasteiger partial charge in [-0.3, -0.25) is 4.79 Å². The van der Waals surface area contributed by atoms with Crippen molar-refractivity contribution in [1.29, 1.82) is 0 Å². The number of carboxylic acids is 1. The quantitative estimate of drug-likeness (QED) is 0.807. The summed E-state index contributed by atoms with van der Waals surface area (Å²) in [5, 5.41) is 14.4. The van der Waals surface area contributed by atoms with Crippen molar-refractivity contribution in [1.82, 2.24) is 14.7 Å². The van der Waals surface area contributed by atoms with Crippen molar-refractivity contribution in [3.8, 4) is 5.69 Å². The van der Waals surface area contributed by atoms with Gasteiger partial charge in [0.15, 0.2) is 5.69 Å². The van der Waals surface area contributed by atoms with Gasteiger partial charge in [-0.1, -0.05) is 11.6 Å². The molecular weight excluding hydrogens is 365 g/mol. The van der Waals surface area contributed by atoms with Gasteiger partial charge in [0.2, 0.25) is 5.91 Å². The van der Waals surface area contributed by atoms with Gasteiger partial charge >= 0.3 is 5.97 Å². The van der Waals surface area contributed by atoms with Crippen molar-refractivity contribution in [2.75, 3.05) is 12.4 Å². The average molecular weight is 382 g/mol. The van der Waals surface area contributed by atoms with Crippen LogP contribution in [0.3, 0.4) is 0 Å². The van der Waals surface area contributed by atoms with Crippen molar-refractivity contribution in [2.24, 2.45) is 0 Å². The molecule has 0 saturated carbocycles. The van der Waals surface area contributed by atoms with Crippen LogP contribution in [0.25, 0.3) is 5.69 Å². The molecule has 6 nitrogen and oxygen atoms in total. The number of carbonyl (C=O) groups is 2. The maximum atomic E-state index is 12.2. The monoisotopic (exact) mass is 381 g/mol. The van der Waals surface area contributed by atoms with Gasteiger partial charge in [-0.2, -0.15) is 5.10 Å². The highest BCUT2D eigenvalue weighted by molar-refractivity contribution is 6.30. The number of alkyl halides is 1. The topological polar surface area (TPSA) is 75.4 Å². The molecule has 0 saturated heterocycles. The summed E-state index contributed by atoms with van der Waals surface area (Å²) in [6, 6.07) is 7.05. The zero-order valence-electron chi connectivity index (χ0n) is 13.4. The summed E-state index contributed by atoms with van der Waals surface area (Å²) in [4.78, 5) is 25.5. The molecule has 132 valence electrons. The second-order valence-corrected chi connectivity index (χ2v) is 6.64. The molecule has 1 aromatic carbocycles. The summed E-state index contributed by atoms with van der Waals surface area (Å²) in [6.45, 7) is 0.790. The van der Waals surface area contributed by atoms with E-state index >= 15 is 0 Å². The Balaban J connectivity index is 1.95. The first kappa shape index (κ1) is 17.8. The molecule has 1 N–H and O–H groups in total. The number of carboxylic acid groups (broad SMARTS) is 1. The van der Waals surface area contributed by atoms with Gasteiger partial charge in [-0.05, 0) is 30.7 Å². The summed E-state index contributed by atoms with van der Waals surface area (Å²) in [5.74, 6) is -0.680. The highest BCUT2D eigenvalue weighted by Crippen LogP contribution is 2.26. The van der Waals surface area contributed by atoms with Gasteiger partial charge in [0, 0.05) is 42.4 Å². The molecule has 0 unspecified atom stereocenters. The molecule has 0 aliphatic carbocycles. The normalized spacial score (nSPS) is 13.6. The van der Waals surface area contributed by atoms with E-state index in [0.29, 0.717) is 42.3 Å². The van der Waals surface area contributed by atoms with Crippen LogP contribution >= 0.6 is 23.2 Å². The lowest BCUT2D eigenvalue weighted by molar-refractivity contribution is -0.132. The zero-order chi connectivity index (χ0) is 18.0. The molecule has 25 heavy (non-hydrogen) atoms. The van der Waals surface area contributed by atoms with Gasteiger partial charge < -0.3 is 10.0 Å². The molecule has 1 amide bonds. The van der Waals surface area contributed by atoms with E-state index in [2.05, 4.69) is 5.10 Å². The maximum Gasteiger partial charge on any atom is 0.356 e. The average Bonchev–Trinajstić information content (AvgIpc) is 2.99. The molecule has 0 atom stereocenters. The van der Waals surface area contributed by atoms with Crippen LogP contribution in [0.5, 0.6) is 0 Å². The standard InChI is InChI=1S/C17H17Cl2N3O3/c18-8-1-2-15(23)21-9-7-14-13(10-21)16(17(24)25)20-22(14)12-5-3-11(19)4-6-12/h3-6H,1-2,7-10H2,(H,24,25). The lowest BCUT2D eigenvalue weighted by Crippen LogP contribution is -2.36. The van der Waals surface area contributed by atoms with Crippen molar-refractivity contribution >= 4 is 35.1 Å². The van der Waals surface area contributed by atoms with Crippen LogP contribution in [0.1, 0.15) is 34.6 Å². The minimum Gasteiger partial charge on any atom is -0.476 e. The molecule has 1 aliphatic rings. The predicted molar refractivity (Wildman–Crippen MR) is 94.6 cm³/mol. The summed E-state index contributed by atoms with van der Waals surface area (Å²) in [6.07, 6.45) is 1.52. The minimum atomic E-state index is -1.10. The Morgan fingerprint density at radius 2 is 1.96 bits per heavy atom. The van der Waals surface area contributed by atoms with Gasteiger partial charge in [0.1, 0.15) is 0 Å². The van der Waals surface area contributed by atoms with Crippen LogP contribution in [0.4, 0.5) is 0 Å². The van der Waals surface area contributed by atoms with Crippen LogP contribution in [0.15, 0.2) is 24.3 Å². The fraction of sp³-hybridized carbons (Fsp3) is 0.353. The van der Waals surface area contributed by atoms with Crippen LogP contribution in [-0.2, 0) is 17.8 Å². The molecule has 2 aromatic rings. The number of aromatic nitrogens is 2. The molecule has 8 heteroatoms. The van der Waals surface area contributed by atoms with Gasteiger partial charge in [-0.25, -0.2) is 9.48 Å². The van der Waals surface area contributed by atoms with E-state index in [1.807, 2.05) is 0 Å². The Bertz CT molecular complexity index is 802. The maximum absolute atomic E-state index is 12.2. The Morgan fingerprint density at radius 3 is 2.60 bits per heavy atom. The number of benzene rings is 1. The van der Waals surface area contributed by atoms with Crippen LogP contribution in [0.2, 0.25) is 5.02 Å². The van der Waals surface area contributed by atoms with E-state index in [0.717, 1.165) is 11.4 Å². The molecule has 2 heterocycles. The zero-order valence-corrected chi connectivity index (χ0v) is 14.9. The number of hydrogen-bond acceptors (Lipinski definition) is 3. The first-order valence-electron chi connectivity index (χ1n) is 7.95. The fourth-order valence-electron chi connectivity index (χ4n) is 2.98. The Hall–Kier alpha value is -2.05. The molecule has 3 rings (SSSR count). The Labute approximate surface area is 154 Å². The van der Waals surface area contributed by atoms with E-state index in [-0.39, 0.29) is 18.1 Å². The smallest absolute Gasteiger partial charge is 0.356 e. The van der Waals surface area contributed by atoms with E-state index in [4.69, 9.17) is 23.2 Å². The minimum absolute atomic E-state index is 0.0121. The van der Waals surface area contributed by atoms with Gasteiger partial charge in [-0.15, -0.1) is 11.6 Å². The van der Waals surface area contributed by atoms with E-state index in [1.54, 1.807) is 33.8 Å². The molecule has 0 bridgehead atoms. The van der Waals surface area contributed by atoms with Crippen LogP contribution < -0.4 is 0 Å². The first-order valence-corrected chi connectivity index (χ1v) is 8.86. The summed E-state index contributed by atoms with van der Waals surface area (Å²) in [7, 11) is 0. The number of hydrogen-bond donors (Lipinski definition) is 1. The summed E-state index contributed by atoms with van der Waals surface area (Å²) in [5.41, 5.74) is 2.14. The van der Waals surface area contributed by atoms with Gasteiger partial charge in [0.05, 0.1) is 11.4 Å². The number of halogens is 2. The SMILES string of the molecule is O=C(O)c1nn(-c2ccc(Cl)cc2)c2c1CN(C(=O)CCCCl)CC2. The summed E-state index contributed by atoms with van der Waals surface area (Å²) < 4.78 is 1.63.